The van der Waals surface area contributed by atoms with E-state index in [1.54, 1.807) is 22.2 Å². The van der Waals surface area contributed by atoms with Gasteiger partial charge in [0.05, 0.1) is 18.5 Å². The minimum absolute atomic E-state index is 0.190. The minimum Gasteiger partial charge on any atom is -0.477 e. The minimum atomic E-state index is -0.190. The smallest absolute Gasteiger partial charge is 0.264 e. The Morgan fingerprint density at radius 1 is 1.50 bits per heavy atom. The van der Waals surface area contributed by atoms with Gasteiger partial charge in [-0.3, -0.25) is 10.1 Å². The lowest BCUT2D eigenvalue weighted by Crippen LogP contribution is -2.18. The van der Waals surface area contributed by atoms with Crippen molar-refractivity contribution in [2.75, 3.05) is 11.9 Å². The maximum Gasteiger partial charge on any atom is 0.264 e. The highest BCUT2D eigenvalue weighted by molar-refractivity contribution is 7.15. The number of carbonyl (C=O) groups excluding carboxylic acids is 1. The second-order valence-corrected chi connectivity index (χ2v) is 7.96. The Morgan fingerprint density at radius 3 is 3.21 bits per heavy atom. The van der Waals surface area contributed by atoms with Crippen LogP contribution in [0, 0.1) is 11.8 Å². The number of rotatable bonds is 3. The van der Waals surface area contributed by atoms with E-state index in [-0.39, 0.29) is 5.91 Å². The molecule has 1 aliphatic carbocycles. The maximum atomic E-state index is 12.6. The molecule has 4 rings (SSSR count). The van der Waals surface area contributed by atoms with Crippen molar-refractivity contribution in [2.45, 2.75) is 46.1 Å². The van der Waals surface area contributed by atoms with Gasteiger partial charge in [-0.1, -0.05) is 13.8 Å². The monoisotopic (exact) mass is 346 g/mol. The second-order valence-electron chi connectivity index (χ2n) is 6.88. The lowest BCUT2D eigenvalue weighted by molar-refractivity contribution is 0.102. The van der Waals surface area contributed by atoms with Crippen LogP contribution in [0.25, 0.3) is 0 Å². The summed E-state index contributed by atoms with van der Waals surface area (Å²) in [6.07, 6.45) is 5.78. The van der Waals surface area contributed by atoms with Gasteiger partial charge in [-0.2, -0.15) is 5.10 Å². The molecule has 7 heteroatoms. The SMILES string of the molecule is CC(C)C1CCc2nc(NC(=O)c3cnn4c3OCCC4)sc2C1. The molecule has 0 fully saturated rings. The number of thiazole rings is 1. The van der Waals surface area contributed by atoms with Crippen molar-refractivity contribution in [3.8, 4) is 5.88 Å². The third-order valence-corrected chi connectivity index (χ3v) is 5.97. The highest BCUT2D eigenvalue weighted by atomic mass is 32.1. The molecule has 1 N–H and O–H groups in total. The highest BCUT2D eigenvalue weighted by Gasteiger charge is 2.26. The Hall–Kier alpha value is -1.89. The van der Waals surface area contributed by atoms with Crippen LogP contribution in [0.3, 0.4) is 0 Å². The highest BCUT2D eigenvalue weighted by Crippen LogP contribution is 2.35. The van der Waals surface area contributed by atoms with Gasteiger partial charge in [0.2, 0.25) is 5.88 Å². The third kappa shape index (κ3) is 2.81. The molecule has 0 radical (unpaired) electrons. The van der Waals surface area contributed by atoms with E-state index < -0.39 is 0 Å². The Kier molecular flexibility index (Phi) is 4.04. The van der Waals surface area contributed by atoms with Gasteiger partial charge in [-0.25, -0.2) is 9.67 Å². The summed E-state index contributed by atoms with van der Waals surface area (Å²) in [5.74, 6) is 1.79. The molecule has 1 aliphatic heterocycles. The molecule has 128 valence electrons. The van der Waals surface area contributed by atoms with Crippen LogP contribution in [0.2, 0.25) is 0 Å². The van der Waals surface area contributed by atoms with Crippen molar-refractivity contribution >= 4 is 22.4 Å². The predicted molar refractivity (Wildman–Crippen MR) is 92.8 cm³/mol. The normalized spacial score (nSPS) is 19.5. The van der Waals surface area contributed by atoms with E-state index in [0.29, 0.717) is 29.1 Å². The Morgan fingerprint density at radius 2 is 2.38 bits per heavy atom. The molecule has 2 aromatic rings. The van der Waals surface area contributed by atoms with Gasteiger partial charge in [-0.15, -0.1) is 11.3 Å². The summed E-state index contributed by atoms with van der Waals surface area (Å²) in [6.45, 7) is 5.99. The van der Waals surface area contributed by atoms with Gasteiger partial charge in [-0.05, 0) is 31.1 Å². The number of nitrogens with one attached hydrogen (secondary N) is 1. The molecule has 1 unspecified atom stereocenters. The summed E-state index contributed by atoms with van der Waals surface area (Å²) in [6, 6.07) is 0. The Bertz CT molecular complexity index is 765. The van der Waals surface area contributed by atoms with Crippen molar-refractivity contribution in [2.24, 2.45) is 11.8 Å². The van der Waals surface area contributed by atoms with Crippen LogP contribution in [0.5, 0.6) is 5.88 Å². The third-order valence-electron chi connectivity index (χ3n) is 4.93. The van der Waals surface area contributed by atoms with Crippen LogP contribution in [0.4, 0.5) is 5.13 Å². The molecular weight excluding hydrogens is 324 g/mol. The molecule has 6 nitrogen and oxygen atoms in total. The Balaban J connectivity index is 1.50. The number of carbonyl (C=O) groups is 1. The summed E-state index contributed by atoms with van der Waals surface area (Å²) in [7, 11) is 0. The van der Waals surface area contributed by atoms with Crippen LogP contribution in [-0.4, -0.2) is 27.3 Å². The van der Waals surface area contributed by atoms with Crippen LogP contribution in [-0.2, 0) is 19.4 Å². The fourth-order valence-electron chi connectivity index (χ4n) is 3.41. The fourth-order valence-corrected chi connectivity index (χ4v) is 4.51. The van der Waals surface area contributed by atoms with E-state index >= 15 is 0 Å². The van der Waals surface area contributed by atoms with E-state index in [2.05, 4.69) is 29.2 Å². The lowest BCUT2D eigenvalue weighted by Gasteiger charge is -2.24. The fraction of sp³-hybridized carbons (Fsp3) is 0.588. The van der Waals surface area contributed by atoms with Crippen LogP contribution in [0.15, 0.2) is 6.20 Å². The molecule has 0 bridgehead atoms. The van der Waals surface area contributed by atoms with E-state index in [1.165, 1.54) is 11.3 Å². The van der Waals surface area contributed by atoms with Gasteiger partial charge in [0, 0.05) is 17.8 Å². The molecule has 2 aromatic heterocycles. The summed E-state index contributed by atoms with van der Waals surface area (Å²) in [5.41, 5.74) is 1.64. The van der Waals surface area contributed by atoms with E-state index in [1.807, 2.05) is 0 Å². The largest absolute Gasteiger partial charge is 0.477 e. The molecule has 3 heterocycles. The summed E-state index contributed by atoms with van der Waals surface area (Å²) < 4.78 is 7.35. The summed E-state index contributed by atoms with van der Waals surface area (Å²) in [4.78, 5) is 18.5. The van der Waals surface area contributed by atoms with Gasteiger partial charge in [0.1, 0.15) is 5.56 Å². The van der Waals surface area contributed by atoms with Gasteiger partial charge < -0.3 is 4.74 Å². The van der Waals surface area contributed by atoms with Crippen molar-refractivity contribution in [3.05, 3.63) is 22.3 Å². The molecule has 0 saturated heterocycles. The molecule has 1 amide bonds. The number of ether oxygens (including phenoxy) is 1. The number of aryl methyl sites for hydroxylation is 2. The summed E-state index contributed by atoms with van der Waals surface area (Å²) in [5, 5.41) is 7.84. The average Bonchev–Trinajstić information content (AvgIpc) is 3.17. The predicted octanol–water partition coefficient (Wildman–Crippen LogP) is 3.14. The second kappa shape index (κ2) is 6.20. The maximum absolute atomic E-state index is 12.6. The van der Waals surface area contributed by atoms with Gasteiger partial charge in [0.25, 0.3) is 5.91 Å². The van der Waals surface area contributed by atoms with E-state index in [4.69, 9.17) is 4.74 Å². The first-order chi connectivity index (χ1) is 11.6. The Labute approximate surface area is 145 Å². The number of aromatic nitrogens is 3. The molecule has 0 spiro atoms. The molecule has 24 heavy (non-hydrogen) atoms. The number of anilines is 1. The molecular formula is C17H22N4O2S. The zero-order valence-corrected chi connectivity index (χ0v) is 14.9. The first-order valence-corrected chi connectivity index (χ1v) is 9.42. The molecule has 0 saturated carbocycles. The lowest BCUT2D eigenvalue weighted by atomic mass is 9.83. The van der Waals surface area contributed by atoms with E-state index in [9.17, 15) is 4.79 Å². The number of amides is 1. The molecule has 2 aliphatic rings. The van der Waals surface area contributed by atoms with Crippen LogP contribution < -0.4 is 10.1 Å². The van der Waals surface area contributed by atoms with Crippen LogP contribution in [0.1, 0.15) is 47.6 Å². The first-order valence-electron chi connectivity index (χ1n) is 8.60. The van der Waals surface area contributed by atoms with Crippen molar-refractivity contribution in [3.63, 3.8) is 0 Å². The number of nitrogens with zero attached hydrogens (tertiary/aromatic N) is 3. The topological polar surface area (TPSA) is 69.0 Å². The van der Waals surface area contributed by atoms with Crippen molar-refractivity contribution in [1.82, 2.24) is 14.8 Å². The summed E-state index contributed by atoms with van der Waals surface area (Å²) >= 11 is 1.61. The zero-order chi connectivity index (χ0) is 16.7. The zero-order valence-electron chi connectivity index (χ0n) is 14.0. The first kappa shape index (κ1) is 15.6. The quantitative estimate of drug-likeness (QED) is 0.927. The van der Waals surface area contributed by atoms with E-state index in [0.717, 1.165) is 37.4 Å². The molecule has 0 aromatic carbocycles. The van der Waals surface area contributed by atoms with Gasteiger partial charge in [0.15, 0.2) is 5.13 Å². The number of hydrogen-bond donors (Lipinski definition) is 1. The number of fused-ring (bicyclic) bond motifs is 2. The standard InChI is InChI=1S/C17H22N4O2S/c1-10(2)11-4-5-13-14(8-11)24-17(19-13)20-15(22)12-9-18-21-6-3-7-23-16(12)21/h9-11H,3-8H2,1-2H3,(H,19,20,22). The van der Waals surface area contributed by atoms with Crippen molar-refractivity contribution in [1.29, 1.82) is 0 Å². The van der Waals surface area contributed by atoms with Gasteiger partial charge >= 0.3 is 0 Å². The number of hydrogen-bond acceptors (Lipinski definition) is 5. The molecule has 1 atom stereocenters. The van der Waals surface area contributed by atoms with Crippen LogP contribution >= 0.6 is 11.3 Å². The average molecular weight is 346 g/mol. The van der Waals surface area contributed by atoms with Crippen molar-refractivity contribution < 1.29 is 9.53 Å².